The second-order valence-corrected chi connectivity index (χ2v) is 9.90. The number of aromatic nitrogens is 1. The Kier molecular flexibility index (Phi) is 6.19. The van der Waals surface area contributed by atoms with Gasteiger partial charge in [-0.2, -0.15) is 0 Å². The highest BCUT2D eigenvalue weighted by atomic mass is 35.5. The highest BCUT2D eigenvalue weighted by molar-refractivity contribution is 6.31. The lowest BCUT2D eigenvalue weighted by Gasteiger charge is -2.25. The quantitative estimate of drug-likeness (QED) is 0.393. The van der Waals surface area contributed by atoms with Gasteiger partial charge in [0, 0.05) is 52.5 Å². The van der Waals surface area contributed by atoms with Gasteiger partial charge in [-0.3, -0.25) is 9.69 Å². The van der Waals surface area contributed by atoms with Crippen molar-refractivity contribution in [3.05, 3.63) is 98.8 Å². The number of nitrogens with zero attached hydrogens (tertiary/aromatic N) is 3. The molecule has 0 radical (unpaired) electrons. The van der Waals surface area contributed by atoms with Crippen LogP contribution in [0, 0.1) is 0 Å². The predicted octanol–water partition coefficient (Wildman–Crippen LogP) is 6.36. The minimum absolute atomic E-state index is 0.0687. The van der Waals surface area contributed by atoms with Crippen molar-refractivity contribution in [2.24, 2.45) is 0 Å². The zero-order chi connectivity index (χ0) is 23.0. The molecule has 0 saturated carbocycles. The van der Waals surface area contributed by atoms with Crippen molar-refractivity contribution < 1.29 is 4.79 Å². The van der Waals surface area contributed by atoms with Gasteiger partial charge in [0.1, 0.15) is 5.15 Å². The van der Waals surface area contributed by atoms with Crippen LogP contribution in [0.3, 0.4) is 0 Å². The molecule has 1 aromatic heterocycles. The van der Waals surface area contributed by atoms with E-state index < -0.39 is 0 Å². The zero-order valence-electron chi connectivity index (χ0n) is 17.8. The van der Waals surface area contributed by atoms with Crippen molar-refractivity contribution in [1.29, 1.82) is 0 Å². The minimum Gasteiger partial charge on any atom is -0.307 e. The molecule has 2 aliphatic heterocycles. The normalized spacial score (nSPS) is 20.2. The van der Waals surface area contributed by atoms with Gasteiger partial charge in [-0.15, -0.1) is 0 Å². The molecule has 4 nitrogen and oxygen atoms in total. The largest absolute Gasteiger partial charge is 0.307 e. The van der Waals surface area contributed by atoms with E-state index >= 15 is 0 Å². The molecule has 2 aromatic carbocycles. The first-order valence-corrected chi connectivity index (χ1v) is 11.9. The van der Waals surface area contributed by atoms with Crippen molar-refractivity contribution in [2.75, 3.05) is 31.1 Å². The number of carbonyl (C=O) groups is 1. The van der Waals surface area contributed by atoms with Crippen molar-refractivity contribution in [1.82, 2.24) is 9.88 Å². The molecule has 1 unspecified atom stereocenters. The lowest BCUT2D eigenvalue weighted by Crippen LogP contribution is -2.39. The van der Waals surface area contributed by atoms with E-state index in [1.54, 1.807) is 18.3 Å². The van der Waals surface area contributed by atoms with E-state index in [1.807, 2.05) is 47.4 Å². The van der Waals surface area contributed by atoms with E-state index in [-0.39, 0.29) is 11.3 Å². The molecule has 0 N–H and O–H groups in total. The molecule has 1 fully saturated rings. The maximum atomic E-state index is 13.4. The highest BCUT2D eigenvalue weighted by Crippen LogP contribution is 2.47. The first-order valence-electron chi connectivity index (χ1n) is 10.8. The van der Waals surface area contributed by atoms with Crippen LogP contribution in [-0.2, 0) is 5.41 Å². The summed E-state index contributed by atoms with van der Waals surface area (Å²) in [5.41, 5.74) is 3.59. The molecule has 7 heteroatoms. The summed E-state index contributed by atoms with van der Waals surface area (Å²) < 4.78 is 0. The molecular formula is C26H22Cl3N3O. The highest BCUT2D eigenvalue weighted by Gasteiger charge is 2.48. The molecule has 1 amide bonds. The van der Waals surface area contributed by atoms with Crippen LogP contribution in [0.1, 0.15) is 27.9 Å². The third kappa shape index (κ3) is 4.53. The van der Waals surface area contributed by atoms with Crippen LogP contribution in [0.25, 0.3) is 6.08 Å². The fraction of sp³-hybridized carbons (Fsp3) is 0.231. The summed E-state index contributed by atoms with van der Waals surface area (Å²) in [4.78, 5) is 21.7. The maximum Gasteiger partial charge on any atom is 0.258 e. The van der Waals surface area contributed by atoms with Crippen LogP contribution < -0.4 is 4.90 Å². The topological polar surface area (TPSA) is 36.4 Å². The molecule has 2 aliphatic rings. The number of amides is 1. The van der Waals surface area contributed by atoms with Crippen LogP contribution >= 0.6 is 34.8 Å². The van der Waals surface area contributed by atoms with Crippen LogP contribution in [0.2, 0.25) is 15.2 Å². The summed E-state index contributed by atoms with van der Waals surface area (Å²) in [5.74, 6) is -0.0687. The fourth-order valence-corrected chi connectivity index (χ4v) is 5.36. The summed E-state index contributed by atoms with van der Waals surface area (Å²) in [6.07, 6.45) is 6.83. The fourth-order valence-electron chi connectivity index (χ4n) is 4.89. The molecule has 3 aromatic rings. The second kappa shape index (κ2) is 9.11. The summed E-state index contributed by atoms with van der Waals surface area (Å²) in [6.45, 7) is 3.29. The average Bonchev–Trinajstić information content (AvgIpc) is 3.36. The number of likely N-dealkylation sites (tertiary alicyclic amines) is 1. The van der Waals surface area contributed by atoms with Gasteiger partial charge in [-0.1, -0.05) is 59.1 Å². The van der Waals surface area contributed by atoms with E-state index in [4.69, 9.17) is 34.8 Å². The third-order valence-electron chi connectivity index (χ3n) is 6.48. The Bertz CT molecular complexity index is 1230. The first kappa shape index (κ1) is 22.4. The standard InChI is InChI=1S/C26H22Cl3N3O/c27-20-5-3-18(4-6-20)2-1-12-31-13-10-26(16-31)17-32(23-8-7-21(28)15-22(23)26)25(33)19-9-11-30-24(29)14-19/h1-9,11,14-15H,10,12-13,16-17H2. The van der Waals surface area contributed by atoms with Gasteiger partial charge in [0.25, 0.3) is 5.91 Å². The molecule has 168 valence electrons. The van der Waals surface area contributed by atoms with Gasteiger partial charge < -0.3 is 4.90 Å². The van der Waals surface area contributed by atoms with Crippen LogP contribution in [0.5, 0.6) is 0 Å². The molecule has 1 spiro atoms. The number of pyridine rings is 1. The smallest absolute Gasteiger partial charge is 0.258 e. The Morgan fingerprint density at radius 1 is 1.00 bits per heavy atom. The van der Waals surface area contributed by atoms with Crippen LogP contribution in [0.15, 0.2) is 66.9 Å². The predicted molar refractivity (Wildman–Crippen MR) is 136 cm³/mol. The van der Waals surface area contributed by atoms with E-state index in [2.05, 4.69) is 22.0 Å². The lowest BCUT2D eigenvalue weighted by atomic mass is 9.81. The van der Waals surface area contributed by atoms with Gasteiger partial charge in [-0.25, -0.2) is 4.98 Å². The Hall–Kier alpha value is -2.37. The summed E-state index contributed by atoms with van der Waals surface area (Å²) in [5, 5.41) is 1.74. The number of carbonyl (C=O) groups excluding carboxylic acids is 1. The Labute approximate surface area is 208 Å². The number of anilines is 1. The summed E-state index contributed by atoms with van der Waals surface area (Å²) in [7, 11) is 0. The summed E-state index contributed by atoms with van der Waals surface area (Å²) in [6, 6.07) is 17.0. The molecule has 1 atom stereocenters. The van der Waals surface area contributed by atoms with Gasteiger partial charge in [-0.05, 0) is 66.6 Å². The Morgan fingerprint density at radius 3 is 2.58 bits per heavy atom. The van der Waals surface area contributed by atoms with Crippen LogP contribution in [0.4, 0.5) is 5.69 Å². The Morgan fingerprint density at radius 2 is 1.79 bits per heavy atom. The molecule has 1 saturated heterocycles. The minimum atomic E-state index is -0.138. The van der Waals surface area contributed by atoms with Gasteiger partial charge in [0.05, 0.1) is 0 Å². The van der Waals surface area contributed by atoms with Gasteiger partial charge >= 0.3 is 0 Å². The van der Waals surface area contributed by atoms with Gasteiger partial charge in [0.15, 0.2) is 0 Å². The van der Waals surface area contributed by atoms with E-state index in [0.29, 0.717) is 22.3 Å². The SMILES string of the molecule is O=C(c1ccnc(Cl)c1)N1CC2(CCN(CC=Cc3ccc(Cl)cc3)C2)c2cc(Cl)ccc21. The number of halogens is 3. The molecule has 33 heavy (non-hydrogen) atoms. The second-order valence-electron chi connectivity index (χ2n) is 8.64. The van der Waals surface area contributed by atoms with Crippen LogP contribution in [-0.4, -0.2) is 42.0 Å². The Balaban J connectivity index is 1.36. The number of hydrogen-bond donors (Lipinski definition) is 0. The maximum absolute atomic E-state index is 13.4. The number of hydrogen-bond acceptors (Lipinski definition) is 3. The number of fused-ring (bicyclic) bond motifs is 2. The number of rotatable bonds is 4. The van der Waals surface area contributed by atoms with Crippen molar-refractivity contribution in [3.8, 4) is 0 Å². The van der Waals surface area contributed by atoms with Crippen molar-refractivity contribution in [3.63, 3.8) is 0 Å². The zero-order valence-corrected chi connectivity index (χ0v) is 20.1. The first-order chi connectivity index (χ1) is 15.9. The summed E-state index contributed by atoms with van der Waals surface area (Å²) >= 11 is 18.4. The monoisotopic (exact) mass is 497 g/mol. The average molecular weight is 499 g/mol. The van der Waals surface area contributed by atoms with E-state index in [0.717, 1.165) is 47.9 Å². The van der Waals surface area contributed by atoms with E-state index in [1.165, 1.54) is 0 Å². The van der Waals surface area contributed by atoms with Crippen molar-refractivity contribution in [2.45, 2.75) is 11.8 Å². The number of benzene rings is 2. The van der Waals surface area contributed by atoms with E-state index in [9.17, 15) is 4.79 Å². The molecular weight excluding hydrogens is 477 g/mol. The third-order valence-corrected chi connectivity index (χ3v) is 7.17. The van der Waals surface area contributed by atoms with Gasteiger partial charge in [0.2, 0.25) is 0 Å². The molecule has 0 bridgehead atoms. The molecule has 0 aliphatic carbocycles. The molecule has 5 rings (SSSR count). The van der Waals surface area contributed by atoms with Crippen molar-refractivity contribution >= 4 is 52.5 Å². The lowest BCUT2D eigenvalue weighted by molar-refractivity contribution is 0.0985. The molecule has 3 heterocycles.